The largest absolute Gasteiger partial charge is 0.493 e. The molecule has 2 fully saturated rings. The summed E-state index contributed by atoms with van der Waals surface area (Å²) in [6, 6.07) is 5.81. The number of thiazole rings is 1. The molecule has 32 heavy (non-hydrogen) atoms. The molecule has 2 atom stereocenters. The minimum atomic E-state index is -0.456. The number of hydrogen-bond donors (Lipinski definition) is 4. The summed E-state index contributed by atoms with van der Waals surface area (Å²) in [5, 5.41) is 19.1. The molecule has 1 aromatic carbocycles. The lowest BCUT2D eigenvalue weighted by atomic mass is 10.1. The van der Waals surface area contributed by atoms with Gasteiger partial charge in [-0.25, -0.2) is 4.98 Å². The second-order valence-electron chi connectivity index (χ2n) is 8.45. The van der Waals surface area contributed by atoms with Gasteiger partial charge >= 0.3 is 0 Å². The number of nitrogens with zero attached hydrogens (tertiary/aromatic N) is 2. The molecule has 8 nitrogen and oxygen atoms in total. The van der Waals surface area contributed by atoms with Crippen molar-refractivity contribution >= 4 is 17.2 Å². The van der Waals surface area contributed by atoms with Crippen LogP contribution in [0.5, 0.6) is 5.75 Å². The number of amides is 1. The second-order valence-corrected chi connectivity index (χ2v) is 9.31. The summed E-state index contributed by atoms with van der Waals surface area (Å²) in [4.78, 5) is 20.4. The van der Waals surface area contributed by atoms with Gasteiger partial charge in [-0.2, -0.15) is 0 Å². The number of aromatic nitrogens is 1. The predicted octanol–water partition coefficient (Wildman–Crippen LogP) is 1.13. The third-order valence-corrected chi connectivity index (χ3v) is 7.02. The van der Waals surface area contributed by atoms with E-state index in [2.05, 4.69) is 38.0 Å². The number of rotatable bonds is 9. The van der Waals surface area contributed by atoms with E-state index in [4.69, 9.17) is 4.74 Å². The number of aliphatic hydroxyl groups is 1. The SMILES string of the molecule is Cc1ncsc1-c1ccc(CNC(=O)C2CC(O)CN2)c(OCCCN2CCNCC2)c1. The fourth-order valence-electron chi connectivity index (χ4n) is 4.18. The topological polar surface area (TPSA) is 98.8 Å². The highest BCUT2D eigenvalue weighted by atomic mass is 32.1. The first-order valence-electron chi connectivity index (χ1n) is 11.4. The fraction of sp³-hybridized carbons (Fsp3) is 0.565. The van der Waals surface area contributed by atoms with Crippen LogP contribution in [0.1, 0.15) is 24.1 Å². The van der Waals surface area contributed by atoms with Gasteiger partial charge in [-0.15, -0.1) is 11.3 Å². The Morgan fingerprint density at radius 1 is 1.38 bits per heavy atom. The van der Waals surface area contributed by atoms with Crippen LogP contribution in [0.4, 0.5) is 0 Å². The van der Waals surface area contributed by atoms with Crippen LogP contribution in [0.15, 0.2) is 23.7 Å². The first-order valence-corrected chi connectivity index (χ1v) is 12.3. The number of carbonyl (C=O) groups excluding carboxylic acids is 1. The van der Waals surface area contributed by atoms with E-state index in [1.165, 1.54) is 0 Å². The Kier molecular flexibility index (Phi) is 8.10. The molecule has 2 aliphatic rings. The summed E-state index contributed by atoms with van der Waals surface area (Å²) in [5.41, 5.74) is 4.89. The van der Waals surface area contributed by atoms with Crippen LogP contribution >= 0.6 is 11.3 Å². The van der Waals surface area contributed by atoms with Crippen molar-refractivity contribution in [3.63, 3.8) is 0 Å². The summed E-state index contributed by atoms with van der Waals surface area (Å²) in [7, 11) is 0. The lowest BCUT2D eigenvalue weighted by molar-refractivity contribution is -0.123. The van der Waals surface area contributed by atoms with E-state index in [1.807, 2.05) is 18.5 Å². The lowest BCUT2D eigenvalue weighted by Crippen LogP contribution is -2.44. The van der Waals surface area contributed by atoms with Crippen LogP contribution in [-0.2, 0) is 11.3 Å². The van der Waals surface area contributed by atoms with Crippen molar-refractivity contribution in [3.05, 3.63) is 35.0 Å². The van der Waals surface area contributed by atoms with Gasteiger partial charge in [0, 0.05) is 51.4 Å². The van der Waals surface area contributed by atoms with Gasteiger partial charge in [-0.05, 0) is 31.4 Å². The van der Waals surface area contributed by atoms with E-state index >= 15 is 0 Å². The average molecular weight is 460 g/mol. The van der Waals surface area contributed by atoms with Crippen LogP contribution < -0.4 is 20.7 Å². The number of nitrogens with one attached hydrogen (secondary N) is 3. The maximum atomic E-state index is 12.5. The minimum Gasteiger partial charge on any atom is -0.493 e. The van der Waals surface area contributed by atoms with E-state index in [-0.39, 0.29) is 11.9 Å². The molecule has 1 amide bonds. The first-order chi connectivity index (χ1) is 15.6. The van der Waals surface area contributed by atoms with Crippen molar-refractivity contribution in [2.75, 3.05) is 45.9 Å². The molecule has 4 N–H and O–H groups in total. The zero-order valence-corrected chi connectivity index (χ0v) is 19.4. The minimum absolute atomic E-state index is 0.0893. The van der Waals surface area contributed by atoms with Gasteiger partial charge in [0.25, 0.3) is 0 Å². The number of piperazine rings is 1. The number of carbonyl (C=O) groups is 1. The van der Waals surface area contributed by atoms with Gasteiger partial charge in [-0.3, -0.25) is 4.79 Å². The Morgan fingerprint density at radius 2 is 2.22 bits per heavy atom. The van der Waals surface area contributed by atoms with Crippen LogP contribution in [0.2, 0.25) is 0 Å². The van der Waals surface area contributed by atoms with Crippen molar-refractivity contribution in [2.45, 2.75) is 38.5 Å². The standard InChI is InChI=1S/C23H33N5O3S/c1-16-22(32-15-27-16)17-3-4-18(13-26-23(30)20-12-19(29)14-25-20)21(11-17)31-10-2-7-28-8-5-24-6-9-28/h3-4,11,15,19-20,24-25,29H,2,5-10,12-14H2,1H3,(H,26,30). The van der Waals surface area contributed by atoms with Crippen LogP contribution in [0.25, 0.3) is 10.4 Å². The van der Waals surface area contributed by atoms with Crippen molar-refractivity contribution in [1.82, 2.24) is 25.8 Å². The molecular weight excluding hydrogens is 426 g/mol. The molecule has 3 heterocycles. The fourth-order valence-corrected chi connectivity index (χ4v) is 4.99. The number of aliphatic hydroxyl groups excluding tert-OH is 1. The Hall–Kier alpha value is -2.04. The van der Waals surface area contributed by atoms with Crippen molar-refractivity contribution in [2.24, 2.45) is 0 Å². The lowest BCUT2D eigenvalue weighted by Gasteiger charge is -2.27. The number of aryl methyl sites for hydroxylation is 1. The summed E-state index contributed by atoms with van der Waals surface area (Å²) < 4.78 is 6.22. The van der Waals surface area contributed by atoms with Crippen LogP contribution in [0, 0.1) is 6.92 Å². The first kappa shape index (κ1) is 23.1. The maximum Gasteiger partial charge on any atom is 0.237 e. The molecule has 2 saturated heterocycles. The highest BCUT2D eigenvalue weighted by Crippen LogP contribution is 2.32. The van der Waals surface area contributed by atoms with Gasteiger partial charge < -0.3 is 30.7 Å². The zero-order valence-electron chi connectivity index (χ0n) is 18.6. The second kappa shape index (κ2) is 11.2. The summed E-state index contributed by atoms with van der Waals surface area (Å²) in [6.07, 6.45) is 0.951. The molecule has 2 aromatic rings. The highest BCUT2D eigenvalue weighted by molar-refractivity contribution is 7.13. The number of hydrogen-bond acceptors (Lipinski definition) is 8. The zero-order chi connectivity index (χ0) is 22.3. The number of ether oxygens (including phenoxy) is 1. The van der Waals surface area contributed by atoms with Crippen LogP contribution in [-0.4, -0.2) is 78.9 Å². The van der Waals surface area contributed by atoms with Crippen molar-refractivity contribution in [1.29, 1.82) is 0 Å². The van der Waals surface area contributed by atoms with E-state index in [1.54, 1.807) is 11.3 Å². The molecule has 0 spiro atoms. The maximum absolute atomic E-state index is 12.5. The highest BCUT2D eigenvalue weighted by Gasteiger charge is 2.27. The van der Waals surface area contributed by atoms with Crippen molar-refractivity contribution in [3.8, 4) is 16.2 Å². The summed E-state index contributed by atoms with van der Waals surface area (Å²) in [6.45, 7) is 8.79. The Morgan fingerprint density at radius 3 is 2.94 bits per heavy atom. The van der Waals surface area contributed by atoms with Gasteiger partial charge in [0.15, 0.2) is 0 Å². The molecule has 9 heteroatoms. The summed E-state index contributed by atoms with van der Waals surface area (Å²) >= 11 is 1.62. The van der Waals surface area contributed by atoms with E-state index in [0.29, 0.717) is 26.1 Å². The van der Waals surface area contributed by atoms with E-state index in [9.17, 15) is 9.90 Å². The molecule has 2 unspecified atom stereocenters. The monoisotopic (exact) mass is 459 g/mol. The van der Waals surface area contributed by atoms with E-state index in [0.717, 1.165) is 66.6 Å². The predicted molar refractivity (Wildman–Crippen MR) is 126 cm³/mol. The Bertz CT molecular complexity index is 900. The van der Waals surface area contributed by atoms with Gasteiger partial charge in [-0.1, -0.05) is 12.1 Å². The third kappa shape index (κ3) is 6.05. The van der Waals surface area contributed by atoms with Crippen LogP contribution in [0.3, 0.4) is 0 Å². The molecule has 1 aromatic heterocycles. The van der Waals surface area contributed by atoms with Gasteiger partial charge in [0.05, 0.1) is 34.8 Å². The number of β-amino-alcohol motifs (C(OH)–C–C–N with tert-alkyl or cyclic N) is 1. The molecule has 0 saturated carbocycles. The Labute approximate surface area is 193 Å². The normalized spacial score (nSPS) is 21.6. The van der Waals surface area contributed by atoms with Gasteiger partial charge in [0.2, 0.25) is 5.91 Å². The molecule has 0 radical (unpaired) electrons. The molecule has 2 aliphatic heterocycles. The smallest absolute Gasteiger partial charge is 0.237 e. The van der Waals surface area contributed by atoms with Gasteiger partial charge in [0.1, 0.15) is 5.75 Å². The average Bonchev–Trinajstić information content (AvgIpc) is 3.44. The Balaban J connectivity index is 1.39. The third-order valence-electron chi connectivity index (χ3n) is 6.04. The molecule has 174 valence electrons. The van der Waals surface area contributed by atoms with Crippen molar-refractivity contribution < 1.29 is 14.6 Å². The quantitative estimate of drug-likeness (QED) is 0.417. The molecule has 0 aliphatic carbocycles. The molecule has 0 bridgehead atoms. The molecule has 4 rings (SSSR count). The van der Waals surface area contributed by atoms with E-state index < -0.39 is 6.10 Å². The number of benzene rings is 1. The summed E-state index contributed by atoms with van der Waals surface area (Å²) in [5.74, 6) is 0.712. The molecular formula is C23H33N5O3S.